The smallest absolute Gasteiger partial charge is 0.345 e. The Hall–Kier alpha value is -2.36. The van der Waals surface area contributed by atoms with E-state index in [0.29, 0.717) is 25.9 Å². The molecule has 1 saturated heterocycles. The number of imidazole rings is 1. The Morgan fingerprint density at radius 2 is 2.19 bits per heavy atom. The van der Waals surface area contributed by atoms with Gasteiger partial charge in [-0.3, -0.25) is 14.4 Å². The van der Waals surface area contributed by atoms with Crippen LogP contribution >= 0.6 is 0 Å². The number of likely N-dealkylation sites (tertiary alicyclic amines) is 1. The van der Waals surface area contributed by atoms with Gasteiger partial charge in [-0.05, 0) is 32.4 Å². The molecular formula is C17H23F3N6O. The summed E-state index contributed by atoms with van der Waals surface area (Å²) < 4.78 is 41.2. The molecule has 3 heterocycles. The van der Waals surface area contributed by atoms with E-state index in [1.165, 1.54) is 12.5 Å². The van der Waals surface area contributed by atoms with Gasteiger partial charge in [-0.25, -0.2) is 4.98 Å². The molecule has 0 radical (unpaired) electrons. The van der Waals surface area contributed by atoms with Gasteiger partial charge in [0.2, 0.25) is 5.91 Å². The maximum atomic E-state index is 12.8. The summed E-state index contributed by atoms with van der Waals surface area (Å²) in [5.74, 6) is -0.635. The molecule has 2 aromatic rings. The third-order valence-electron chi connectivity index (χ3n) is 4.91. The summed E-state index contributed by atoms with van der Waals surface area (Å²) in [5, 5.41) is 6.39. The highest BCUT2D eigenvalue weighted by Gasteiger charge is 2.45. The second-order valence-electron chi connectivity index (χ2n) is 7.01. The molecule has 0 aromatic carbocycles. The molecule has 0 saturated carbocycles. The SMILES string of the molecule is Cc1cc(CN2CCCC(C(=O)NCC(F)(F)F)(n3ccnc3)C2)n(C)n1. The molecule has 0 bridgehead atoms. The molecule has 148 valence electrons. The number of amides is 1. The quantitative estimate of drug-likeness (QED) is 0.850. The van der Waals surface area contributed by atoms with Crippen LogP contribution in [0.5, 0.6) is 0 Å². The highest BCUT2D eigenvalue weighted by molar-refractivity contribution is 5.85. The van der Waals surface area contributed by atoms with Gasteiger partial charge in [0, 0.05) is 32.5 Å². The standard InChI is InChI=1S/C17H23F3N6O/c1-13-8-14(24(2)23-13)9-25-6-3-4-16(11-25,26-7-5-21-12-26)15(27)22-10-17(18,19)20/h5,7-8,12H,3-4,6,9-11H2,1-2H3,(H,22,27). The summed E-state index contributed by atoms with van der Waals surface area (Å²) in [5.41, 5.74) is 0.770. The highest BCUT2D eigenvalue weighted by atomic mass is 19.4. The van der Waals surface area contributed by atoms with E-state index in [4.69, 9.17) is 0 Å². The molecule has 0 spiro atoms. The minimum atomic E-state index is -4.45. The number of nitrogens with one attached hydrogen (secondary N) is 1. The van der Waals surface area contributed by atoms with Gasteiger partial charge >= 0.3 is 6.18 Å². The predicted molar refractivity (Wildman–Crippen MR) is 91.7 cm³/mol. The molecule has 1 aliphatic rings. The second-order valence-corrected chi connectivity index (χ2v) is 7.01. The fourth-order valence-electron chi connectivity index (χ4n) is 3.67. The van der Waals surface area contributed by atoms with Crippen molar-refractivity contribution in [3.05, 3.63) is 36.2 Å². The summed E-state index contributed by atoms with van der Waals surface area (Å²) in [7, 11) is 1.85. The van der Waals surface area contributed by atoms with Crippen molar-refractivity contribution in [2.75, 3.05) is 19.6 Å². The first-order chi connectivity index (χ1) is 12.7. The average molecular weight is 384 g/mol. The van der Waals surface area contributed by atoms with Crippen molar-refractivity contribution in [2.45, 2.75) is 38.0 Å². The van der Waals surface area contributed by atoms with E-state index < -0.39 is 24.2 Å². The Balaban J connectivity index is 1.82. The molecule has 0 aliphatic carbocycles. The highest BCUT2D eigenvalue weighted by Crippen LogP contribution is 2.30. The van der Waals surface area contributed by atoms with Gasteiger partial charge in [0.1, 0.15) is 12.1 Å². The minimum absolute atomic E-state index is 0.303. The lowest BCUT2D eigenvalue weighted by atomic mass is 9.87. The molecule has 2 aromatic heterocycles. The number of aryl methyl sites for hydroxylation is 2. The number of piperidine rings is 1. The van der Waals surface area contributed by atoms with Crippen LogP contribution in [0.15, 0.2) is 24.8 Å². The lowest BCUT2D eigenvalue weighted by Crippen LogP contribution is -2.58. The van der Waals surface area contributed by atoms with Crippen LogP contribution < -0.4 is 5.32 Å². The first kappa shape index (κ1) is 19.4. The lowest BCUT2D eigenvalue weighted by Gasteiger charge is -2.42. The fourth-order valence-corrected chi connectivity index (χ4v) is 3.67. The average Bonchev–Trinajstić information content (AvgIpc) is 3.23. The number of aromatic nitrogens is 4. The summed E-state index contributed by atoms with van der Waals surface area (Å²) in [4.78, 5) is 18.9. The van der Waals surface area contributed by atoms with Crippen LogP contribution in [-0.2, 0) is 23.9 Å². The van der Waals surface area contributed by atoms with E-state index in [9.17, 15) is 18.0 Å². The van der Waals surface area contributed by atoms with E-state index in [0.717, 1.165) is 17.9 Å². The van der Waals surface area contributed by atoms with Crippen molar-refractivity contribution in [2.24, 2.45) is 7.05 Å². The van der Waals surface area contributed by atoms with Gasteiger partial charge in [0.25, 0.3) is 0 Å². The Morgan fingerprint density at radius 3 is 2.78 bits per heavy atom. The number of carbonyl (C=O) groups excluding carboxylic acids is 1. The maximum absolute atomic E-state index is 12.8. The van der Waals surface area contributed by atoms with Crippen LogP contribution in [0.3, 0.4) is 0 Å². The molecular weight excluding hydrogens is 361 g/mol. The van der Waals surface area contributed by atoms with Crippen molar-refractivity contribution in [3.63, 3.8) is 0 Å². The molecule has 3 rings (SSSR count). The Kier molecular flexibility index (Phi) is 5.27. The van der Waals surface area contributed by atoms with Crippen LogP contribution in [-0.4, -0.2) is 55.9 Å². The van der Waals surface area contributed by atoms with Crippen molar-refractivity contribution >= 4 is 5.91 Å². The number of hydrogen-bond donors (Lipinski definition) is 1. The first-order valence-electron chi connectivity index (χ1n) is 8.75. The number of carbonyl (C=O) groups is 1. The Bertz CT molecular complexity index is 785. The van der Waals surface area contributed by atoms with E-state index in [1.807, 2.05) is 20.0 Å². The van der Waals surface area contributed by atoms with Crippen LogP contribution in [0.2, 0.25) is 0 Å². The topological polar surface area (TPSA) is 68.0 Å². The second kappa shape index (κ2) is 7.34. The lowest BCUT2D eigenvalue weighted by molar-refractivity contribution is -0.146. The molecule has 10 heteroatoms. The Labute approximate surface area is 155 Å². The normalized spacial score (nSPS) is 21.4. The van der Waals surface area contributed by atoms with E-state index in [-0.39, 0.29) is 0 Å². The number of alkyl halides is 3. The predicted octanol–water partition coefficient (Wildman–Crippen LogP) is 1.59. The van der Waals surface area contributed by atoms with E-state index in [1.54, 1.807) is 15.4 Å². The third-order valence-corrected chi connectivity index (χ3v) is 4.91. The van der Waals surface area contributed by atoms with Gasteiger partial charge in [-0.2, -0.15) is 18.3 Å². The van der Waals surface area contributed by atoms with Gasteiger partial charge < -0.3 is 9.88 Å². The van der Waals surface area contributed by atoms with Gasteiger partial charge in [-0.1, -0.05) is 0 Å². The summed E-state index contributed by atoms with van der Waals surface area (Å²) in [6.45, 7) is 2.19. The number of rotatable bonds is 5. The van der Waals surface area contributed by atoms with Crippen molar-refractivity contribution in [1.29, 1.82) is 0 Å². The molecule has 1 unspecified atom stereocenters. The van der Waals surface area contributed by atoms with Gasteiger partial charge in [-0.15, -0.1) is 0 Å². The van der Waals surface area contributed by atoms with Gasteiger partial charge in [0.15, 0.2) is 0 Å². The molecule has 27 heavy (non-hydrogen) atoms. The zero-order valence-corrected chi connectivity index (χ0v) is 15.3. The molecule has 1 N–H and O–H groups in total. The van der Waals surface area contributed by atoms with Gasteiger partial charge in [0.05, 0.1) is 17.7 Å². The fraction of sp³-hybridized carbons (Fsp3) is 0.588. The van der Waals surface area contributed by atoms with Crippen LogP contribution in [0.1, 0.15) is 24.2 Å². The van der Waals surface area contributed by atoms with E-state index in [2.05, 4.69) is 20.3 Å². The monoisotopic (exact) mass is 384 g/mol. The summed E-state index contributed by atoms with van der Waals surface area (Å²) >= 11 is 0. The van der Waals surface area contributed by atoms with Crippen LogP contribution in [0, 0.1) is 6.92 Å². The maximum Gasteiger partial charge on any atom is 0.405 e. The molecule has 1 atom stereocenters. The van der Waals surface area contributed by atoms with Crippen LogP contribution in [0.25, 0.3) is 0 Å². The molecule has 1 amide bonds. The van der Waals surface area contributed by atoms with Crippen molar-refractivity contribution in [1.82, 2.24) is 29.5 Å². The zero-order chi connectivity index (χ0) is 19.7. The third kappa shape index (κ3) is 4.32. The number of nitrogens with zero attached hydrogens (tertiary/aromatic N) is 5. The number of hydrogen-bond acceptors (Lipinski definition) is 4. The van der Waals surface area contributed by atoms with Crippen molar-refractivity contribution < 1.29 is 18.0 Å². The Morgan fingerprint density at radius 1 is 1.41 bits per heavy atom. The molecule has 1 aliphatic heterocycles. The minimum Gasteiger partial charge on any atom is -0.345 e. The van der Waals surface area contributed by atoms with Crippen molar-refractivity contribution in [3.8, 4) is 0 Å². The zero-order valence-electron chi connectivity index (χ0n) is 15.3. The molecule has 1 fully saturated rings. The van der Waals surface area contributed by atoms with E-state index >= 15 is 0 Å². The summed E-state index contributed by atoms with van der Waals surface area (Å²) in [6.07, 6.45) is 1.34. The first-order valence-corrected chi connectivity index (χ1v) is 8.75. The molecule has 7 nitrogen and oxygen atoms in total. The number of halogens is 3. The largest absolute Gasteiger partial charge is 0.405 e. The summed E-state index contributed by atoms with van der Waals surface area (Å²) in [6, 6.07) is 1.97. The van der Waals surface area contributed by atoms with Crippen LogP contribution in [0.4, 0.5) is 13.2 Å².